The molecule has 0 saturated carbocycles. The van der Waals surface area contributed by atoms with E-state index in [4.69, 9.17) is 4.74 Å². The summed E-state index contributed by atoms with van der Waals surface area (Å²) < 4.78 is 6.77. The minimum atomic E-state index is 0.756. The topological polar surface area (TPSA) is 34.1 Å². The number of nitrogens with zero attached hydrogens (tertiary/aromatic N) is 1. The highest BCUT2D eigenvalue weighted by atomic mass is 79.9. The predicted octanol–water partition coefficient (Wildman–Crippen LogP) is 4.30. The van der Waals surface area contributed by atoms with Crippen LogP contribution in [0, 0.1) is 0 Å². The Kier molecular flexibility index (Phi) is 8.84. The molecule has 108 valence electrons. The Balaban J connectivity index is 2.28. The first-order valence-electron chi connectivity index (χ1n) is 7.19. The van der Waals surface area contributed by atoms with Crippen molar-refractivity contribution in [2.75, 3.05) is 13.7 Å². The van der Waals surface area contributed by atoms with Gasteiger partial charge in [-0.1, -0.05) is 39.0 Å². The fourth-order valence-corrected chi connectivity index (χ4v) is 2.35. The van der Waals surface area contributed by atoms with E-state index in [-0.39, 0.29) is 0 Å². The van der Waals surface area contributed by atoms with Crippen LogP contribution in [0.5, 0.6) is 5.88 Å². The largest absolute Gasteiger partial charge is 0.477 e. The molecule has 0 bridgehead atoms. The van der Waals surface area contributed by atoms with Crippen LogP contribution in [0.1, 0.15) is 51.0 Å². The second-order valence-corrected chi connectivity index (χ2v) is 5.68. The number of pyridine rings is 1. The van der Waals surface area contributed by atoms with Crippen LogP contribution in [0.3, 0.4) is 0 Å². The second kappa shape index (κ2) is 10.2. The van der Waals surface area contributed by atoms with Gasteiger partial charge in [0.25, 0.3) is 0 Å². The quantitative estimate of drug-likeness (QED) is 0.650. The van der Waals surface area contributed by atoms with Crippen molar-refractivity contribution in [1.82, 2.24) is 10.3 Å². The number of nitrogens with one attached hydrogen (secondary N) is 1. The number of hydrogen-bond donors (Lipinski definition) is 1. The number of halogens is 1. The van der Waals surface area contributed by atoms with Gasteiger partial charge in [-0.3, -0.25) is 0 Å². The van der Waals surface area contributed by atoms with E-state index in [0.717, 1.165) is 35.5 Å². The van der Waals surface area contributed by atoms with Crippen LogP contribution in [-0.2, 0) is 6.54 Å². The normalized spacial score (nSPS) is 10.7. The maximum absolute atomic E-state index is 5.78. The number of unbranched alkanes of at least 4 members (excludes halogenated alkanes) is 5. The summed E-state index contributed by atoms with van der Waals surface area (Å²) in [6, 6.07) is 2.06. The third-order valence-electron chi connectivity index (χ3n) is 3.00. The molecule has 0 spiro atoms. The molecule has 1 aromatic heterocycles. The highest BCUT2D eigenvalue weighted by Gasteiger charge is 2.05. The molecule has 0 aliphatic heterocycles. The van der Waals surface area contributed by atoms with E-state index in [1.54, 1.807) is 6.20 Å². The molecule has 0 unspecified atom stereocenters. The van der Waals surface area contributed by atoms with E-state index in [1.807, 2.05) is 7.05 Å². The molecule has 0 aromatic carbocycles. The molecule has 0 amide bonds. The monoisotopic (exact) mass is 328 g/mol. The average Bonchev–Trinajstić information content (AvgIpc) is 2.40. The van der Waals surface area contributed by atoms with Gasteiger partial charge >= 0.3 is 0 Å². The molecule has 0 aliphatic rings. The molecule has 0 saturated heterocycles. The second-order valence-electron chi connectivity index (χ2n) is 4.76. The molecule has 0 radical (unpaired) electrons. The van der Waals surface area contributed by atoms with Crippen molar-refractivity contribution in [1.29, 1.82) is 0 Å². The molecule has 0 aliphatic carbocycles. The fraction of sp³-hybridized carbons (Fsp3) is 0.667. The van der Waals surface area contributed by atoms with Crippen LogP contribution in [0.2, 0.25) is 0 Å². The van der Waals surface area contributed by atoms with Crippen LogP contribution in [0.25, 0.3) is 0 Å². The SMILES string of the molecule is CCCCCCCCOc1ncc(Br)cc1CNC. The molecule has 1 aromatic rings. The van der Waals surface area contributed by atoms with Gasteiger partial charge in [0.05, 0.1) is 6.61 Å². The van der Waals surface area contributed by atoms with Gasteiger partial charge < -0.3 is 10.1 Å². The van der Waals surface area contributed by atoms with Crippen molar-refractivity contribution in [3.05, 3.63) is 22.3 Å². The first-order valence-corrected chi connectivity index (χ1v) is 7.99. The molecule has 1 rings (SSSR count). The highest BCUT2D eigenvalue weighted by molar-refractivity contribution is 9.10. The van der Waals surface area contributed by atoms with Crippen LogP contribution in [-0.4, -0.2) is 18.6 Å². The Morgan fingerprint density at radius 3 is 2.68 bits per heavy atom. The third-order valence-corrected chi connectivity index (χ3v) is 3.43. The fourth-order valence-electron chi connectivity index (χ4n) is 1.97. The Hall–Kier alpha value is -0.610. The summed E-state index contributed by atoms with van der Waals surface area (Å²) in [4.78, 5) is 4.33. The smallest absolute Gasteiger partial charge is 0.217 e. The summed E-state index contributed by atoms with van der Waals surface area (Å²) in [5, 5.41) is 3.14. The summed E-state index contributed by atoms with van der Waals surface area (Å²) in [5.41, 5.74) is 1.10. The van der Waals surface area contributed by atoms with Gasteiger partial charge in [0, 0.05) is 22.8 Å². The molecule has 3 nitrogen and oxygen atoms in total. The van der Waals surface area contributed by atoms with Gasteiger partial charge in [0.1, 0.15) is 0 Å². The summed E-state index contributed by atoms with van der Waals surface area (Å²) >= 11 is 3.44. The van der Waals surface area contributed by atoms with Crippen LogP contribution in [0.4, 0.5) is 0 Å². The standard InChI is InChI=1S/C15H25BrN2O/c1-3-4-5-6-7-8-9-19-15-13(11-17-2)10-14(16)12-18-15/h10,12,17H,3-9,11H2,1-2H3. The van der Waals surface area contributed by atoms with Gasteiger partial charge in [-0.05, 0) is 35.5 Å². The van der Waals surface area contributed by atoms with Gasteiger partial charge in [0.2, 0.25) is 5.88 Å². The minimum absolute atomic E-state index is 0.756. The van der Waals surface area contributed by atoms with Crippen molar-refractivity contribution < 1.29 is 4.74 Å². The summed E-state index contributed by atoms with van der Waals surface area (Å²) in [6.07, 6.45) is 9.45. The lowest BCUT2D eigenvalue weighted by atomic mass is 10.1. The van der Waals surface area contributed by atoms with E-state index < -0.39 is 0 Å². The zero-order valence-electron chi connectivity index (χ0n) is 12.0. The average molecular weight is 329 g/mol. The zero-order valence-corrected chi connectivity index (χ0v) is 13.6. The van der Waals surface area contributed by atoms with Gasteiger partial charge in [-0.15, -0.1) is 0 Å². The Morgan fingerprint density at radius 1 is 1.21 bits per heavy atom. The molecular weight excluding hydrogens is 304 g/mol. The number of aromatic nitrogens is 1. The molecule has 4 heteroatoms. The first-order chi connectivity index (χ1) is 9.27. The molecule has 1 heterocycles. The first kappa shape index (κ1) is 16.4. The lowest BCUT2D eigenvalue weighted by Crippen LogP contribution is -2.09. The zero-order chi connectivity index (χ0) is 13.9. The molecule has 19 heavy (non-hydrogen) atoms. The van der Waals surface area contributed by atoms with E-state index in [2.05, 4.69) is 39.2 Å². The predicted molar refractivity (Wildman–Crippen MR) is 83.6 cm³/mol. The van der Waals surface area contributed by atoms with Crippen molar-refractivity contribution in [3.63, 3.8) is 0 Å². The molecule has 1 N–H and O–H groups in total. The third kappa shape index (κ3) is 6.92. The molecule has 0 fully saturated rings. The Morgan fingerprint density at radius 2 is 1.95 bits per heavy atom. The van der Waals surface area contributed by atoms with Crippen molar-refractivity contribution in [2.24, 2.45) is 0 Å². The van der Waals surface area contributed by atoms with Gasteiger partial charge in [-0.25, -0.2) is 4.98 Å². The Bertz CT molecular complexity index is 358. The van der Waals surface area contributed by atoms with Gasteiger partial charge in [-0.2, -0.15) is 0 Å². The number of rotatable bonds is 10. The molecular formula is C15H25BrN2O. The minimum Gasteiger partial charge on any atom is -0.477 e. The summed E-state index contributed by atoms with van der Waals surface area (Å²) in [5.74, 6) is 0.756. The van der Waals surface area contributed by atoms with E-state index in [1.165, 1.54) is 32.1 Å². The van der Waals surface area contributed by atoms with E-state index in [9.17, 15) is 0 Å². The summed E-state index contributed by atoms with van der Waals surface area (Å²) in [6.45, 7) is 3.78. The number of hydrogen-bond acceptors (Lipinski definition) is 3. The maximum atomic E-state index is 5.78. The Labute approximate surface area is 125 Å². The number of ether oxygens (including phenoxy) is 1. The lowest BCUT2D eigenvalue weighted by molar-refractivity contribution is 0.289. The van der Waals surface area contributed by atoms with Crippen LogP contribution >= 0.6 is 15.9 Å². The van der Waals surface area contributed by atoms with E-state index in [0.29, 0.717) is 0 Å². The molecule has 0 atom stereocenters. The van der Waals surface area contributed by atoms with E-state index >= 15 is 0 Å². The van der Waals surface area contributed by atoms with Crippen molar-refractivity contribution >= 4 is 15.9 Å². The summed E-state index contributed by atoms with van der Waals surface area (Å²) in [7, 11) is 1.93. The van der Waals surface area contributed by atoms with Crippen LogP contribution < -0.4 is 10.1 Å². The highest BCUT2D eigenvalue weighted by Crippen LogP contribution is 2.20. The van der Waals surface area contributed by atoms with Gasteiger partial charge in [0.15, 0.2) is 0 Å². The van der Waals surface area contributed by atoms with Crippen molar-refractivity contribution in [2.45, 2.75) is 52.0 Å². The van der Waals surface area contributed by atoms with Crippen LogP contribution in [0.15, 0.2) is 16.7 Å². The lowest BCUT2D eigenvalue weighted by Gasteiger charge is -2.10. The van der Waals surface area contributed by atoms with Crippen molar-refractivity contribution in [3.8, 4) is 5.88 Å². The maximum Gasteiger partial charge on any atom is 0.217 e.